The monoisotopic (exact) mass is 619 g/mol. The Labute approximate surface area is 260 Å². The van der Waals surface area contributed by atoms with Crippen molar-refractivity contribution in [3.63, 3.8) is 0 Å². The Morgan fingerprint density at radius 1 is 1.09 bits per heavy atom. The Morgan fingerprint density at radius 2 is 1.80 bits per heavy atom. The molecule has 2 atom stereocenters. The van der Waals surface area contributed by atoms with Crippen LogP contribution in [0.5, 0.6) is 0 Å². The molecule has 1 spiro atoms. The second-order valence-corrected chi connectivity index (χ2v) is 13.3. The minimum absolute atomic E-state index is 0.0113. The predicted octanol–water partition coefficient (Wildman–Crippen LogP) is 6.86. The maximum absolute atomic E-state index is 13.0. The molecule has 1 aliphatic carbocycles. The Bertz CT molecular complexity index is 1630. The van der Waals surface area contributed by atoms with Gasteiger partial charge in [0.1, 0.15) is 23.9 Å². The van der Waals surface area contributed by atoms with Crippen LogP contribution in [0.3, 0.4) is 0 Å². The van der Waals surface area contributed by atoms with Gasteiger partial charge in [0.2, 0.25) is 0 Å². The van der Waals surface area contributed by atoms with Crippen molar-refractivity contribution in [3.8, 4) is 0 Å². The van der Waals surface area contributed by atoms with Gasteiger partial charge in [-0.15, -0.1) is 0 Å². The van der Waals surface area contributed by atoms with E-state index < -0.39 is 22.6 Å². The van der Waals surface area contributed by atoms with Crippen molar-refractivity contribution in [2.24, 2.45) is 0 Å². The zero-order valence-corrected chi connectivity index (χ0v) is 25.8. The van der Waals surface area contributed by atoms with Crippen LogP contribution in [-0.2, 0) is 14.9 Å². The summed E-state index contributed by atoms with van der Waals surface area (Å²) >= 11 is 6.52. The number of non-ortho nitro benzene ring substituents is 1. The summed E-state index contributed by atoms with van der Waals surface area (Å²) in [5.74, 6) is 0.213. The van der Waals surface area contributed by atoms with Crippen molar-refractivity contribution < 1.29 is 24.0 Å². The number of hydrogen-bond acceptors (Lipinski definition) is 9. The normalized spacial score (nSPS) is 20.3. The fourth-order valence-corrected chi connectivity index (χ4v) is 6.79. The number of ether oxygens (including phenoxy) is 2. The summed E-state index contributed by atoms with van der Waals surface area (Å²) in [6.07, 6.45) is 2.65. The minimum atomic E-state index is -0.581. The average molecular weight is 620 g/mol. The summed E-state index contributed by atoms with van der Waals surface area (Å²) in [5, 5.41) is 11.7. The third-order valence-electron chi connectivity index (χ3n) is 8.73. The molecule has 1 amide bonds. The molecule has 3 aromatic rings. The third kappa shape index (κ3) is 5.45. The lowest BCUT2D eigenvalue weighted by Gasteiger charge is -2.40. The van der Waals surface area contributed by atoms with Gasteiger partial charge in [-0.05, 0) is 81.8 Å². The molecular formula is C32H34ClN5O6. The quantitative estimate of drug-likeness (QED) is 0.175. The van der Waals surface area contributed by atoms with Crippen molar-refractivity contribution >= 4 is 40.9 Å². The van der Waals surface area contributed by atoms with Crippen LogP contribution in [-0.4, -0.2) is 57.1 Å². The number of anilines is 2. The third-order valence-corrected chi connectivity index (χ3v) is 8.97. The maximum Gasteiger partial charge on any atom is 0.410 e. The number of rotatable bonds is 4. The van der Waals surface area contributed by atoms with Gasteiger partial charge >= 0.3 is 12.1 Å². The Balaban J connectivity index is 1.27. The van der Waals surface area contributed by atoms with E-state index in [4.69, 9.17) is 26.1 Å². The first kappa shape index (κ1) is 29.8. The Hall–Kier alpha value is -4.25. The smallest absolute Gasteiger partial charge is 0.410 e. The summed E-state index contributed by atoms with van der Waals surface area (Å²) in [6, 6.07) is 11.3. The number of nitro benzene ring substituents is 1. The molecule has 230 valence electrons. The number of fused-ring (bicyclic) bond motifs is 3. The van der Waals surface area contributed by atoms with Gasteiger partial charge in [-0.2, -0.15) is 0 Å². The van der Waals surface area contributed by atoms with E-state index in [0.717, 1.165) is 35.5 Å². The summed E-state index contributed by atoms with van der Waals surface area (Å²) < 4.78 is 11.5. The molecule has 1 fully saturated rings. The highest BCUT2D eigenvalue weighted by atomic mass is 35.5. The second-order valence-electron chi connectivity index (χ2n) is 12.8. The number of hydrogen-bond donors (Lipinski definition) is 0. The molecule has 1 aromatic heterocycles. The largest absolute Gasteiger partial charge is 0.452 e. The minimum Gasteiger partial charge on any atom is -0.452 e. The molecule has 11 nitrogen and oxygen atoms in total. The Morgan fingerprint density at radius 3 is 2.45 bits per heavy atom. The van der Waals surface area contributed by atoms with Crippen LogP contribution in [0, 0.1) is 10.1 Å². The molecule has 0 bridgehead atoms. The first-order chi connectivity index (χ1) is 20.8. The fraction of sp³-hybridized carbons (Fsp3) is 0.438. The lowest BCUT2D eigenvalue weighted by molar-refractivity contribution is -0.384. The second kappa shape index (κ2) is 11.0. The zero-order valence-electron chi connectivity index (χ0n) is 25.1. The van der Waals surface area contributed by atoms with Crippen LogP contribution >= 0.6 is 11.6 Å². The van der Waals surface area contributed by atoms with Crippen molar-refractivity contribution in [1.82, 2.24) is 14.9 Å². The van der Waals surface area contributed by atoms with Gasteiger partial charge in [0.05, 0.1) is 16.2 Å². The van der Waals surface area contributed by atoms with Crippen molar-refractivity contribution in [3.05, 3.63) is 86.3 Å². The number of amides is 1. The van der Waals surface area contributed by atoms with Crippen LogP contribution in [0.4, 0.5) is 22.0 Å². The first-order valence-electron chi connectivity index (χ1n) is 14.7. The van der Waals surface area contributed by atoms with E-state index in [9.17, 15) is 19.7 Å². The van der Waals surface area contributed by atoms with Crippen molar-refractivity contribution in [2.75, 3.05) is 24.5 Å². The molecule has 0 N–H and O–H groups in total. The van der Waals surface area contributed by atoms with E-state index in [1.807, 2.05) is 39.0 Å². The molecule has 0 saturated carbocycles. The lowest BCUT2D eigenvalue weighted by Crippen LogP contribution is -2.48. The maximum atomic E-state index is 13.0. The molecule has 1 saturated heterocycles. The van der Waals surface area contributed by atoms with Gasteiger partial charge in [0, 0.05) is 53.5 Å². The molecule has 2 aromatic carbocycles. The van der Waals surface area contributed by atoms with Gasteiger partial charge in [0.15, 0.2) is 0 Å². The first-order valence-corrected chi connectivity index (χ1v) is 15.1. The lowest BCUT2D eigenvalue weighted by atomic mass is 9.74. The van der Waals surface area contributed by atoms with Gasteiger partial charge in [-0.3, -0.25) is 10.1 Å². The number of esters is 1. The van der Waals surface area contributed by atoms with E-state index in [2.05, 4.69) is 16.8 Å². The van der Waals surface area contributed by atoms with Gasteiger partial charge in [-0.25, -0.2) is 19.6 Å². The number of nitro groups is 1. The standard InChI is InChI=1S/C32H34ClN5O6/c1-19-15-25(43-29(39)20-5-8-22(9-6-20)38(41)42)27-26(19)28(35-18-34-27)37-17-32(23-16-21(33)7-10-24(23)37)11-13-36(14-12-32)30(40)44-31(2,3)4/h5-10,16,18-19,25H,11-15,17H2,1-4H3/t19-,25+/m1/s1. The topological polar surface area (TPSA) is 128 Å². The summed E-state index contributed by atoms with van der Waals surface area (Å²) in [5.41, 5.74) is 3.07. The van der Waals surface area contributed by atoms with E-state index in [1.165, 1.54) is 30.6 Å². The molecular weight excluding hydrogens is 586 g/mol. The van der Waals surface area contributed by atoms with Crippen molar-refractivity contribution in [1.29, 1.82) is 0 Å². The Kier molecular flexibility index (Phi) is 7.47. The fourth-order valence-electron chi connectivity index (χ4n) is 6.62. The molecule has 2 aliphatic heterocycles. The molecule has 6 rings (SSSR count). The van der Waals surface area contributed by atoms with E-state index >= 15 is 0 Å². The molecule has 3 aliphatic rings. The number of aromatic nitrogens is 2. The van der Waals surface area contributed by atoms with Crippen LogP contribution in [0.1, 0.15) is 86.2 Å². The van der Waals surface area contributed by atoms with Crippen LogP contribution in [0.25, 0.3) is 0 Å². The number of halogens is 1. The highest BCUT2D eigenvalue weighted by molar-refractivity contribution is 6.30. The van der Waals surface area contributed by atoms with Crippen LogP contribution < -0.4 is 4.90 Å². The van der Waals surface area contributed by atoms with E-state index in [-0.39, 0.29) is 28.7 Å². The highest BCUT2D eigenvalue weighted by Gasteiger charge is 2.48. The zero-order chi connectivity index (χ0) is 31.4. The number of carbonyl (C=O) groups is 2. The highest BCUT2D eigenvalue weighted by Crippen LogP contribution is 2.53. The van der Waals surface area contributed by atoms with E-state index in [0.29, 0.717) is 36.8 Å². The number of piperidine rings is 1. The summed E-state index contributed by atoms with van der Waals surface area (Å²) in [6.45, 7) is 9.46. The molecule has 44 heavy (non-hydrogen) atoms. The van der Waals surface area contributed by atoms with E-state index in [1.54, 1.807) is 4.90 Å². The van der Waals surface area contributed by atoms with Gasteiger partial charge in [-0.1, -0.05) is 18.5 Å². The predicted molar refractivity (Wildman–Crippen MR) is 163 cm³/mol. The molecule has 3 heterocycles. The van der Waals surface area contributed by atoms with Crippen LogP contribution in [0.2, 0.25) is 5.02 Å². The number of likely N-dealkylation sites (tertiary alicyclic amines) is 1. The summed E-state index contributed by atoms with van der Waals surface area (Å²) in [4.78, 5) is 49.6. The number of nitrogens with zero attached hydrogens (tertiary/aromatic N) is 5. The molecule has 0 radical (unpaired) electrons. The van der Waals surface area contributed by atoms with Crippen LogP contribution in [0.15, 0.2) is 48.8 Å². The number of benzene rings is 2. The van der Waals surface area contributed by atoms with Gasteiger partial charge < -0.3 is 19.3 Å². The number of carbonyl (C=O) groups excluding carboxylic acids is 2. The van der Waals surface area contributed by atoms with Crippen molar-refractivity contribution in [2.45, 2.75) is 70.0 Å². The molecule has 0 unspecified atom stereocenters. The SMILES string of the molecule is C[C@@H]1C[C@H](OC(=O)c2ccc([N+](=O)[O-])cc2)c2ncnc(N3CC4(CCN(C(=O)OC(C)(C)C)CC4)c4cc(Cl)ccc43)c21. The van der Waals surface area contributed by atoms with Gasteiger partial charge in [0.25, 0.3) is 5.69 Å². The molecule has 12 heteroatoms. The summed E-state index contributed by atoms with van der Waals surface area (Å²) in [7, 11) is 0. The average Bonchev–Trinajstić information content (AvgIpc) is 3.46.